The Morgan fingerprint density at radius 3 is 1.31 bits per heavy atom. The monoisotopic (exact) mass is 182 g/mol. The molecule has 13 heavy (non-hydrogen) atoms. The summed E-state index contributed by atoms with van der Waals surface area (Å²) in [5.41, 5.74) is 0. The molecule has 3 nitrogen and oxygen atoms in total. The summed E-state index contributed by atoms with van der Waals surface area (Å²) in [4.78, 5) is 10.9. The van der Waals surface area contributed by atoms with E-state index in [9.17, 15) is 4.79 Å². The molecule has 0 spiro atoms. The third-order valence-corrected chi connectivity index (χ3v) is 0.877. The minimum absolute atomic E-state index is 0. The molecule has 0 aromatic heterocycles. The zero-order chi connectivity index (χ0) is 10.1. The molecule has 4 heteroatoms. The molecular formula is C9H23LiN2O. The molecule has 0 unspecified atom stereocenters. The number of rotatable bonds is 3. The van der Waals surface area contributed by atoms with Crippen LogP contribution in [0, 0.1) is 0 Å². The van der Waals surface area contributed by atoms with Crippen LogP contribution in [0.3, 0.4) is 0 Å². The molecular weight excluding hydrogens is 159 g/mol. The van der Waals surface area contributed by atoms with Crippen LogP contribution in [0.1, 0.15) is 27.7 Å². The average Bonchev–Trinajstić information content (AvgIpc) is 1.85. The van der Waals surface area contributed by atoms with Crippen LogP contribution in [0.25, 0.3) is 0 Å². The summed E-state index contributed by atoms with van der Waals surface area (Å²) in [6.07, 6.45) is 0.750. The van der Waals surface area contributed by atoms with Crippen molar-refractivity contribution in [2.45, 2.75) is 39.8 Å². The normalized spacial score (nSPS) is 8.62. The molecule has 0 aliphatic carbocycles. The number of hydrogen-bond acceptors (Lipinski definition) is 2. The molecule has 0 aromatic rings. The van der Waals surface area contributed by atoms with E-state index in [2.05, 4.69) is 33.0 Å². The van der Waals surface area contributed by atoms with Crippen molar-refractivity contribution in [3.63, 3.8) is 0 Å². The van der Waals surface area contributed by atoms with Gasteiger partial charge in [0, 0.05) is 26.2 Å². The maximum absolute atomic E-state index is 9.43. The van der Waals surface area contributed by atoms with Crippen molar-refractivity contribution >= 4 is 25.3 Å². The molecule has 0 aromatic carbocycles. The summed E-state index contributed by atoms with van der Waals surface area (Å²) >= 11 is 0. The third-order valence-electron chi connectivity index (χ3n) is 0.877. The summed E-state index contributed by atoms with van der Waals surface area (Å²) in [5, 5.41) is 3.31. The summed E-state index contributed by atoms with van der Waals surface area (Å²) < 4.78 is 0. The topological polar surface area (TPSA) is 32.3 Å². The molecule has 0 heterocycles. The standard InChI is InChI=1S/C6H15N.C3H7NO.Li.H/c1-5(2)7-6(3)4;1-4(2)3-5;;/h5-7H,1-4H3;3H,1-2H3;;. The molecule has 0 aliphatic heterocycles. The first-order valence-corrected chi connectivity index (χ1v) is 4.28. The minimum atomic E-state index is 0. The predicted molar refractivity (Wildman–Crippen MR) is 60.3 cm³/mol. The molecule has 76 valence electrons. The Morgan fingerprint density at radius 2 is 1.31 bits per heavy atom. The Labute approximate surface area is 94.4 Å². The van der Waals surface area contributed by atoms with E-state index in [1.165, 1.54) is 4.90 Å². The van der Waals surface area contributed by atoms with Crippen LogP contribution >= 0.6 is 0 Å². The molecule has 0 saturated heterocycles. The Hall–Kier alpha value is 0.0274. The molecule has 0 bridgehead atoms. The first kappa shape index (κ1) is 18.7. The zero-order valence-electron chi connectivity index (χ0n) is 9.09. The van der Waals surface area contributed by atoms with Crippen LogP contribution in [0.2, 0.25) is 0 Å². The van der Waals surface area contributed by atoms with Crippen molar-refractivity contribution < 1.29 is 4.79 Å². The fourth-order valence-corrected chi connectivity index (χ4v) is 0.667. The number of carbonyl (C=O) groups excluding carboxylic acids is 1. The first-order chi connectivity index (χ1) is 5.40. The fourth-order valence-electron chi connectivity index (χ4n) is 0.667. The van der Waals surface area contributed by atoms with Crippen molar-refractivity contribution in [1.82, 2.24) is 10.2 Å². The van der Waals surface area contributed by atoms with Crippen LogP contribution in [-0.2, 0) is 4.79 Å². The van der Waals surface area contributed by atoms with Gasteiger partial charge in [0.15, 0.2) is 0 Å². The Balaban J connectivity index is -0.000000150. The number of hydrogen-bond donors (Lipinski definition) is 1. The van der Waals surface area contributed by atoms with Gasteiger partial charge < -0.3 is 10.2 Å². The molecule has 0 fully saturated rings. The van der Waals surface area contributed by atoms with Crippen molar-refractivity contribution in [1.29, 1.82) is 0 Å². The SMILES string of the molecule is CC(C)NC(C)C.CN(C)C=O.[LiH]. The summed E-state index contributed by atoms with van der Waals surface area (Å²) in [5.74, 6) is 0. The molecule has 0 aliphatic rings. The second kappa shape index (κ2) is 12.0. The van der Waals surface area contributed by atoms with Gasteiger partial charge in [-0.2, -0.15) is 0 Å². The fraction of sp³-hybridized carbons (Fsp3) is 0.889. The van der Waals surface area contributed by atoms with E-state index in [0.29, 0.717) is 12.1 Å². The van der Waals surface area contributed by atoms with Crippen molar-refractivity contribution in [2.24, 2.45) is 0 Å². The summed E-state index contributed by atoms with van der Waals surface area (Å²) in [6.45, 7) is 8.61. The van der Waals surface area contributed by atoms with Gasteiger partial charge in [0.1, 0.15) is 0 Å². The number of carbonyl (C=O) groups is 1. The van der Waals surface area contributed by atoms with Crippen LogP contribution in [-0.4, -0.2) is 56.3 Å². The average molecular weight is 182 g/mol. The van der Waals surface area contributed by atoms with E-state index < -0.39 is 0 Å². The zero-order valence-corrected chi connectivity index (χ0v) is 9.09. The molecule has 0 atom stereocenters. The van der Waals surface area contributed by atoms with E-state index in [1.54, 1.807) is 14.1 Å². The van der Waals surface area contributed by atoms with Crippen molar-refractivity contribution in [2.75, 3.05) is 14.1 Å². The second-order valence-corrected chi connectivity index (χ2v) is 3.55. The number of nitrogens with zero attached hydrogens (tertiary/aromatic N) is 1. The van der Waals surface area contributed by atoms with E-state index in [0.717, 1.165) is 6.41 Å². The quantitative estimate of drug-likeness (QED) is 0.507. The van der Waals surface area contributed by atoms with Crippen molar-refractivity contribution in [3.05, 3.63) is 0 Å². The first-order valence-electron chi connectivity index (χ1n) is 4.28. The van der Waals surface area contributed by atoms with Crippen LogP contribution in [0.4, 0.5) is 0 Å². The van der Waals surface area contributed by atoms with Crippen LogP contribution < -0.4 is 5.32 Å². The van der Waals surface area contributed by atoms with Gasteiger partial charge >= 0.3 is 18.9 Å². The summed E-state index contributed by atoms with van der Waals surface area (Å²) in [6, 6.07) is 1.25. The van der Waals surface area contributed by atoms with Gasteiger partial charge in [-0.25, -0.2) is 0 Å². The van der Waals surface area contributed by atoms with E-state index in [1.807, 2.05) is 0 Å². The Morgan fingerprint density at radius 1 is 1.08 bits per heavy atom. The van der Waals surface area contributed by atoms with Gasteiger partial charge in [0.25, 0.3) is 0 Å². The molecule has 0 saturated carbocycles. The summed E-state index contributed by atoms with van der Waals surface area (Å²) in [7, 11) is 3.38. The predicted octanol–water partition coefficient (Wildman–Crippen LogP) is 0.449. The van der Waals surface area contributed by atoms with E-state index in [-0.39, 0.29) is 18.9 Å². The van der Waals surface area contributed by atoms with Gasteiger partial charge in [0.2, 0.25) is 6.41 Å². The molecule has 1 N–H and O–H groups in total. The van der Waals surface area contributed by atoms with Crippen LogP contribution in [0.5, 0.6) is 0 Å². The third kappa shape index (κ3) is 33.3. The Kier molecular flexibility index (Phi) is 17.3. The van der Waals surface area contributed by atoms with E-state index in [4.69, 9.17) is 0 Å². The van der Waals surface area contributed by atoms with E-state index >= 15 is 0 Å². The molecule has 0 radical (unpaired) electrons. The van der Waals surface area contributed by atoms with Gasteiger partial charge in [-0.3, -0.25) is 4.79 Å². The molecule has 0 rings (SSSR count). The molecule has 1 amide bonds. The van der Waals surface area contributed by atoms with Crippen LogP contribution in [0.15, 0.2) is 0 Å². The maximum atomic E-state index is 9.43. The second-order valence-electron chi connectivity index (χ2n) is 3.55. The van der Waals surface area contributed by atoms with Gasteiger partial charge in [0.05, 0.1) is 0 Å². The van der Waals surface area contributed by atoms with Gasteiger partial charge in [-0.05, 0) is 0 Å². The van der Waals surface area contributed by atoms with Gasteiger partial charge in [-0.15, -0.1) is 0 Å². The Bertz CT molecular complexity index is 99.8. The number of nitrogens with one attached hydrogen (secondary N) is 1. The van der Waals surface area contributed by atoms with Gasteiger partial charge in [-0.1, -0.05) is 27.7 Å². The van der Waals surface area contributed by atoms with Crippen molar-refractivity contribution in [3.8, 4) is 0 Å². The number of amides is 1.